The Labute approximate surface area is 145 Å². The van der Waals surface area contributed by atoms with Crippen molar-refractivity contribution in [1.29, 1.82) is 0 Å². The second kappa shape index (κ2) is 7.96. The molecule has 1 atom stereocenters. The summed E-state index contributed by atoms with van der Waals surface area (Å²) in [7, 11) is 1.23. The summed E-state index contributed by atoms with van der Waals surface area (Å²) in [6, 6.07) is 13.4. The number of nitrogens with zero attached hydrogens (tertiary/aromatic N) is 1. The van der Waals surface area contributed by atoms with Crippen LogP contribution in [0.15, 0.2) is 54.6 Å². The average Bonchev–Trinajstić information content (AvgIpc) is 2.61. The van der Waals surface area contributed by atoms with E-state index < -0.39 is 23.9 Å². The van der Waals surface area contributed by atoms with Crippen LogP contribution >= 0.6 is 0 Å². The third kappa shape index (κ3) is 4.14. The molecule has 0 aliphatic rings. The van der Waals surface area contributed by atoms with E-state index in [1.807, 2.05) is 18.2 Å². The Bertz CT molecular complexity index is 777. The van der Waals surface area contributed by atoms with Gasteiger partial charge in [-0.05, 0) is 17.7 Å². The number of nitrogens with two attached hydrogens (primary N) is 2. The zero-order chi connectivity index (χ0) is 18.4. The predicted octanol–water partition coefficient (Wildman–Crippen LogP) is 1.45. The van der Waals surface area contributed by atoms with Crippen molar-refractivity contribution in [2.45, 2.75) is 12.5 Å². The van der Waals surface area contributed by atoms with Crippen LogP contribution in [0.4, 0.5) is 10.5 Å². The molecule has 3 amide bonds. The van der Waals surface area contributed by atoms with Crippen LogP contribution < -0.4 is 16.4 Å². The van der Waals surface area contributed by atoms with E-state index in [9.17, 15) is 14.4 Å². The summed E-state index contributed by atoms with van der Waals surface area (Å²) in [5, 5.41) is 0. The van der Waals surface area contributed by atoms with Gasteiger partial charge in [0.25, 0.3) is 0 Å². The van der Waals surface area contributed by atoms with Gasteiger partial charge in [0, 0.05) is 6.42 Å². The maximum atomic E-state index is 12.1. The minimum absolute atomic E-state index is 0.114. The molecule has 0 bridgehead atoms. The Morgan fingerprint density at radius 3 is 2.16 bits per heavy atom. The summed E-state index contributed by atoms with van der Waals surface area (Å²) < 4.78 is 4.73. The lowest BCUT2D eigenvalue weighted by Crippen LogP contribution is -2.52. The van der Waals surface area contributed by atoms with Crippen molar-refractivity contribution < 1.29 is 19.1 Å². The molecule has 0 aliphatic carbocycles. The van der Waals surface area contributed by atoms with E-state index in [1.165, 1.54) is 19.2 Å². The van der Waals surface area contributed by atoms with E-state index in [4.69, 9.17) is 16.2 Å². The fourth-order valence-electron chi connectivity index (χ4n) is 2.56. The number of ether oxygens (including phenoxy) is 1. The Kier molecular flexibility index (Phi) is 5.73. The number of hydrogen-bond donors (Lipinski definition) is 2. The second-order valence-corrected chi connectivity index (χ2v) is 5.32. The van der Waals surface area contributed by atoms with Crippen LogP contribution in [-0.2, 0) is 16.0 Å². The van der Waals surface area contributed by atoms with Crippen LogP contribution in [0, 0.1) is 0 Å². The highest BCUT2D eigenvalue weighted by atomic mass is 16.5. The van der Waals surface area contributed by atoms with Crippen molar-refractivity contribution >= 4 is 23.6 Å². The van der Waals surface area contributed by atoms with Gasteiger partial charge in [0.1, 0.15) is 6.04 Å². The third-order valence-electron chi connectivity index (χ3n) is 3.72. The van der Waals surface area contributed by atoms with Crippen molar-refractivity contribution in [3.63, 3.8) is 0 Å². The Balaban J connectivity index is 2.50. The predicted molar refractivity (Wildman–Crippen MR) is 93.0 cm³/mol. The van der Waals surface area contributed by atoms with Gasteiger partial charge in [-0.1, -0.05) is 42.5 Å². The number of anilines is 1. The van der Waals surface area contributed by atoms with Crippen molar-refractivity contribution in [2.75, 3.05) is 12.0 Å². The van der Waals surface area contributed by atoms with E-state index >= 15 is 0 Å². The molecule has 0 saturated heterocycles. The number of carbonyl (C=O) groups is 3. The molecule has 2 aromatic carbocycles. The first-order valence-corrected chi connectivity index (χ1v) is 7.55. The molecule has 0 heterocycles. The van der Waals surface area contributed by atoms with Crippen molar-refractivity contribution in [1.82, 2.24) is 0 Å². The van der Waals surface area contributed by atoms with Gasteiger partial charge in [-0.3, -0.25) is 9.69 Å². The van der Waals surface area contributed by atoms with Crippen LogP contribution in [0.1, 0.15) is 15.9 Å². The maximum Gasteiger partial charge on any atom is 0.339 e. The van der Waals surface area contributed by atoms with Crippen LogP contribution in [0.3, 0.4) is 0 Å². The van der Waals surface area contributed by atoms with Gasteiger partial charge < -0.3 is 16.2 Å². The van der Waals surface area contributed by atoms with Crippen LogP contribution in [0.2, 0.25) is 0 Å². The molecule has 0 radical (unpaired) electrons. The summed E-state index contributed by atoms with van der Waals surface area (Å²) in [6.45, 7) is 0. The Morgan fingerprint density at radius 2 is 1.60 bits per heavy atom. The zero-order valence-corrected chi connectivity index (χ0v) is 13.7. The first-order chi connectivity index (χ1) is 12.0. The molecule has 2 rings (SSSR count). The lowest BCUT2D eigenvalue weighted by Gasteiger charge is -2.29. The molecule has 2 aromatic rings. The number of primary amides is 2. The Hall–Kier alpha value is -3.35. The van der Waals surface area contributed by atoms with Crippen molar-refractivity contribution in [3.8, 4) is 0 Å². The monoisotopic (exact) mass is 341 g/mol. The van der Waals surface area contributed by atoms with Gasteiger partial charge in [0.2, 0.25) is 5.91 Å². The first-order valence-electron chi connectivity index (χ1n) is 7.55. The van der Waals surface area contributed by atoms with E-state index in [1.54, 1.807) is 24.3 Å². The highest BCUT2D eigenvalue weighted by Gasteiger charge is 2.31. The lowest BCUT2D eigenvalue weighted by molar-refractivity contribution is -0.119. The fraction of sp³-hybridized carbons (Fsp3) is 0.167. The Morgan fingerprint density at radius 1 is 1.00 bits per heavy atom. The normalized spacial score (nSPS) is 11.4. The first kappa shape index (κ1) is 18.0. The molecule has 25 heavy (non-hydrogen) atoms. The van der Waals surface area contributed by atoms with Gasteiger partial charge in [-0.25, -0.2) is 9.59 Å². The number of esters is 1. The number of para-hydroxylation sites is 1. The molecular weight excluding hydrogens is 322 g/mol. The molecule has 130 valence electrons. The highest BCUT2D eigenvalue weighted by Crippen LogP contribution is 2.25. The molecule has 0 unspecified atom stereocenters. The topological polar surface area (TPSA) is 116 Å². The highest BCUT2D eigenvalue weighted by molar-refractivity contribution is 6.05. The SMILES string of the molecule is COC(=O)c1ccccc1N(C(N)=O)[C@@H](Cc1ccccc1)C(N)=O. The van der Waals surface area contributed by atoms with Crippen molar-refractivity contribution in [3.05, 3.63) is 65.7 Å². The number of amides is 3. The van der Waals surface area contributed by atoms with E-state index in [0.29, 0.717) is 0 Å². The molecule has 7 heteroatoms. The molecule has 0 aliphatic heterocycles. The van der Waals surface area contributed by atoms with E-state index in [2.05, 4.69) is 0 Å². The number of benzene rings is 2. The van der Waals surface area contributed by atoms with Gasteiger partial charge in [0.15, 0.2) is 0 Å². The number of urea groups is 1. The smallest absolute Gasteiger partial charge is 0.339 e. The quantitative estimate of drug-likeness (QED) is 0.774. The minimum atomic E-state index is -1.05. The molecule has 0 spiro atoms. The molecule has 4 N–H and O–H groups in total. The molecule has 0 aromatic heterocycles. The summed E-state index contributed by atoms with van der Waals surface area (Å²) >= 11 is 0. The number of rotatable bonds is 6. The minimum Gasteiger partial charge on any atom is -0.465 e. The van der Waals surface area contributed by atoms with Gasteiger partial charge in [-0.15, -0.1) is 0 Å². The van der Waals surface area contributed by atoms with Gasteiger partial charge in [0.05, 0.1) is 18.4 Å². The number of hydrogen-bond acceptors (Lipinski definition) is 4. The summed E-state index contributed by atoms with van der Waals surface area (Å²) in [5.41, 5.74) is 12.1. The lowest BCUT2D eigenvalue weighted by atomic mass is 10.0. The molecule has 7 nitrogen and oxygen atoms in total. The second-order valence-electron chi connectivity index (χ2n) is 5.32. The standard InChI is InChI=1S/C18H19N3O4/c1-25-17(23)13-9-5-6-10-14(13)21(18(20)24)15(16(19)22)11-12-7-3-2-4-8-12/h2-10,15H,11H2,1H3,(H2,19,22)(H2,20,24)/t15-/m0/s1. The zero-order valence-electron chi connectivity index (χ0n) is 13.7. The third-order valence-corrected chi connectivity index (χ3v) is 3.72. The molecule has 0 fully saturated rings. The fourth-order valence-corrected chi connectivity index (χ4v) is 2.56. The van der Waals surface area contributed by atoms with Crippen LogP contribution in [0.5, 0.6) is 0 Å². The maximum absolute atomic E-state index is 12.1. The number of methoxy groups -OCH3 is 1. The summed E-state index contributed by atoms with van der Waals surface area (Å²) in [6.07, 6.45) is 0.161. The summed E-state index contributed by atoms with van der Waals surface area (Å²) in [5.74, 6) is -1.38. The van der Waals surface area contributed by atoms with Crippen molar-refractivity contribution in [2.24, 2.45) is 11.5 Å². The summed E-state index contributed by atoms with van der Waals surface area (Å²) in [4.78, 5) is 37.1. The largest absolute Gasteiger partial charge is 0.465 e. The van der Waals surface area contributed by atoms with Gasteiger partial charge in [-0.2, -0.15) is 0 Å². The average molecular weight is 341 g/mol. The van der Waals surface area contributed by atoms with E-state index in [-0.39, 0.29) is 17.7 Å². The van der Waals surface area contributed by atoms with Crippen LogP contribution in [-0.4, -0.2) is 31.1 Å². The van der Waals surface area contributed by atoms with Gasteiger partial charge >= 0.3 is 12.0 Å². The van der Waals surface area contributed by atoms with E-state index in [0.717, 1.165) is 10.5 Å². The molecule has 0 saturated carbocycles. The molecular formula is C18H19N3O4. The number of carbonyl (C=O) groups excluding carboxylic acids is 3. The van der Waals surface area contributed by atoms with Crippen LogP contribution in [0.25, 0.3) is 0 Å².